The third-order valence-corrected chi connectivity index (χ3v) is 7.03. The molecule has 2 aromatic rings. The number of fused-ring (bicyclic) bond motifs is 1. The number of amides is 1. The molecule has 0 spiro atoms. The molecular weight excluding hydrogens is 388 g/mol. The second-order valence-corrected chi connectivity index (χ2v) is 8.87. The molecule has 0 saturated carbocycles. The van der Waals surface area contributed by atoms with Gasteiger partial charge in [-0.2, -0.15) is 13.1 Å². The van der Waals surface area contributed by atoms with Gasteiger partial charge in [-0.1, -0.05) is 6.07 Å². The quantitative estimate of drug-likeness (QED) is 0.662. The van der Waals surface area contributed by atoms with Crippen LogP contribution >= 0.6 is 11.7 Å². The summed E-state index contributed by atoms with van der Waals surface area (Å²) in [5.41, 5.74) is 0.965. The monoisotopic (exact) mass is 412 g/mol. The molecule has 27 heavy (non-hydrogen) atoms. The minimum atomic E-state index is -3.72. The van der Waals surface area contributed by atoms with Crippen molar-refractivity contribution in [1.82, 2.24) is 18.4 Å². The zero-order valence-corrected chi connectivity index (χ0v) is 16.9. The number of aromatic nitrogens is 2. The van der Waals surface area contributed by atoms with E-state index in [2.05, 4.69) is 14.1 Å². The normalized spacial score (nSPS) is 18.6. The number of piperidine rings is 1. The topological polar surface area (TPSA) is 101 Å². The average Bonchev–Trinajstić information content (AvgIpc) is 3.16. The molecule has 148 valence electrons. The summed E-state index contributed by atoms with van der Waals surface area (Å²) in [6, 6.07) is 4.96. The van der Waals surface area contributed by atoms with Crippen molar-refractivity contribution in [1.29, 1.82) is 0 Å². The van der Waals surface area contributed by atoms with Gasteiger partial charge in [0.05, 0.1) is 17.6 Å². The van der Waals surface area contributed by atoms with E-state index in [0.717, 1.165) is 18.1 Å². The number of carbonyl (C=O) groups is 1. The van der Waals surface area contributed by atoms with Gasteiger partial charge in [0.15, 0.2) is 0 Å². The highest BCUT2D eigenvalue weighted by atomic mass is 32.2. The number of benzene rings is 1. The van der Waals surface area contributed by atoms with Gasteiger partial charge in [-0.15, -0.1) is 0 Å². The molecule has 3 rings (SSSR count). The van der Waals surface area contributed by atoms with Gasteiger partial charge in [0, 0.05) is 32.8 Å². The fourth-order valence-electron chi connectivity index (χ4n) is 3.18. The Hall–Kier alpha value is -1.62. The molecular formula is C17H24N4O4S2. The fourth-order valence-corrected chi connectivity index (χ4v) is 5.45. The number of carbonyl (C=O) groups excluding carboxylic acids is 1. The number of ether oxygens (including phenoxy) is 1. The summed E-state index contributed by atoms with van der Waals surface area (Å²) in [5, 5.41) is 2.89. The van der Waals surface area contributed by atoms with Gasteiger partial charge >= 0.3 is 0 Å². The first-order valence-electron chi connectivity index (χ1n) is 9.11. The zero-order valence-electron chi connectivity index (χ0n) is 15.3. The van der Waals surface area contributed by atoms with Crippen LogP contribution < -0.4 is 5.32 Å². The highest BCUT2D eigenvalue weighted by Gasteiger charge is 2.34. The summed E-state index contributed by atoms with van der Waals surface area (Å²) in [6.45, 7) is 4.32. The van der Waals surface area contributed by atoms with Crippen LogP contribution in [-0.4, -0.2) is 60.2 Å². The van der Waals surface area contributed by atoms with Crippen molar-refractivity contribution >= 4 is 38.7 Å². The molecule has 0 aliphatic carbocycles. The second kappa shape index (κ2) is 9.05. The number of rotatable bonds is 8. The minimum Gasteiger partial charge on any atom is -0.382 e. The van der Waals surface area contributed by atoms with Gasteiger partial charge in [0.1, 0.15) is 15.9 Å². The molecule has 8 nitrogen and oxygen atoms in total. The van der Waals surface area contributed by atoms with Gasteiger partial charge in [-0.3, -0.25) is 4.79 Å². The molecule has 1 aromatic heterocycles. The lowest BCUT2D eigenvalue weighted by atomic mass is 9.99. The van der Waals surface area contributed by atoms with Gasteiger partial charge in [0.2, 0.25) is 15.9 Å². The Morgan fingerprint density at radius 1 is 1.41 bits per heavy atom. The van der Waals surface area contributed by atoms with Crippen molar-refractivity contribution < 1.29 is 17.9 Å². The summed E-state index contributed by atoms with van der Waals surface area (Å²) in [6.07, 6.45) is 2.08. The molecule has 10 heteroatoms. The molecule has 1 atom stereocenters. The molecule has 1 amide bonds. The van der Waals surface area contributed by atoms with E-state index in [-0.39, 0.29) is 23.3 Å². The average molecular weight is 413 g/mol. The number of hydrogen-bond acceptors (Lipinski definition) is 7. The van der Waals surface area contributed by atoms with Crippen LogP contribution in [0.1, 0.15) is 26.2 Å². The number of nitrogens with one attached hydrogen (secondary N) is 1. The Labute approximate surface area is 163 Å². The third-order valence-electron chi connectivity index (χ3n) is 4.59. The number of nitrogens with zero attached hydrogens (tertiary/aromatic N) is 3. The summed E-state index contributed by atoms with van der Waals surface area (Å²) in [5.74, 6) is -0.437. The first kappa shape index (κ1) is 20.1. The SMILES string of the molecule is CCOCCCNC(=O)[C@H]1CCCN(S(=O)(=O)c2cccc3nsnc23)C1. The van der Waals surface area contributed by atoms with Gasteiger partial charge in [-0.05, 0) is 38.3 Å². The maximum Gasteiger partial charge on any atom is 0.245 e. The van der Waals surface area contributed by atoms with Crippen molar-refractivity contribution in [3.05, 3.63) is 18.2 Å². The maximum absolute atomic E-state index is 13.1. The first-order chi connectivity index (χ1) is 13.0. The Morgan fingerprint density at radius 3 is 3.07 bits per heavy atom. The number of sulfonamides is 1. The van der Waals surface area contributed by atoms with E-state index < -0.39 is 10.0 Å². The van der Waals surface area contributed by atoms with Crippen molar-refractivity contribution in [2.45, 2.75) is 31.1 Å². The molecule has 1 fully saturated rings. The van der Waals surface area contributed by atoms with Crippen LogP contribution in [0.5, 0.6) is 0 Å². The van der Waals surface area contributed by atoms with Gasteiger partial charge < -0.3 is 10.1 Å². The molecule has 1 aromatic carbocycles. The lowest BCUT2D eigenvalue weighted by Crippen LogP contribution is -2.45. The van der Waals surface area contributed by atoms with E-state index in [9.17, 15) is 13.2 Å². The van der Waals surface area contributed by atoms with Crippen molar-refractivity contribution in [3.8, 4) is 0 Å². The molecule has 0 bridgehead atoms. The van der Waals surface area contributed by atoms with Crippen molar-refractivity contribution in [2.24, 2.45) is 5.92 Å². The van der Waals surface area contributed by atoms with Crippen LogP contribution in [-0.2, 0) is 19.6 Å². The predicted octanol–water partition coefficient (Wildman–Crippen LogP) is 1.63. The van der Waals surface area contributed by atoms with Crippen molar-refractivity contribution in [2.75, 3.05) is 32.8 Å². The highest BCUT2D eigenvalue weighted by Crippen LogP contribution is 2.28. The first-order valence-corrected chi connectivity index (χ1v) is 11.3. The minimum absolute atomic E-state index is 0.0973. The Balaban J connectivity index is 1.66. The second-order valence-electron chi connectivity index (χ2n) is 6.43. The maximum atomic E-state index is 13.1. The predicted molar refractivity (Wildman–Crippen MR) is 103 cm³/mol. The van der Waals surface area contributed by atoms with E-state index in [1.807, 2.05) is 6.92 Å². The third kappa shape index (κ3) is 4.63. The highest BCUT2D eigenvalue weighted by molar-refractivity contribution is 7.89. The van der Waals surface area contributed by atoms with Crippen LogP contribution in [0.2, 0.25) is 0 Å². The van der Waals surface area contributed by atoms with Crippen molar-refractivity contribution in [3.63, 3.8) is 0 Å². The Bertz CT molecular complexity index is 884. The molecule has 0 unspecified atom stereocenters. The van der Waals surface area contributed by atoms with E-state index in [1.54, 1.807) is 18.2 Å². The van der Waals surface area contributed by atoms with Crippen LogP contribution in [0, 0.1) is 5.92 Å². The summed E-state index contributed by atoms with van der Waals surface area (Å²) in [7, 11) is -3.72. The van der Waals surface area contributed by atoms with E-state index in [4.69, 9.17) is 4.74 Å². The van der Waals surface area contributed by atoms with Crippen LogP contribution in [0.15, 0.2) is 23.1 Å². The molecule has 0 radical (unpaired) electrons. The molecule has 1 saturated heterocycles. The smallest absolute Gasteiger partial charge is 0.245 e. The van der Waals surface area contributed by atoms with E-state index >= 15 is 0 Å². The molecule has 1 aliphatic heterocycles. The molecule has 2 heterocycles. The fraction of sp³-hybridized carbons (Fsp3) is 0.588. The van der Waals surface area contributed by atoms with Crippen LogP contribution in [0.25, 0.3) is 11.0 Å². The number of hydrogen-bond donors (Lipinski definition) is 1. The Kier molecular flexibility index (Phi) is 6.74. The standard InChI is InChI=1S/C17H24N4O4S2/c1-2-25-11-5-9-18-17(22)13-6-4-10-21(12-13)27(23,24)15-8-3-7-14-16(15)20-26-19-14/h3,7-8,13H,2,4-6,9-12H2,1H3,(H,18,22)/t13-/m0/s1. The van der Waals surface area contributed by atoms with E-state index in [1.165, 1.54) is 4.31 Å². The summed E-state index contributed by atoms with van der Waals surface area (Å²) in [4.78, 5) is 12.6. The zero-order chi connectivity index (χ0) is 19.3. The lowest BCUT2D eigenvalue weighted by molar-refractivity contribution is -0.126. The largest absolute Gasteiger partial charge is 0.382 e. The van der Waals surface area contributed by atoms with Crippen LogP contribution in [0.4, 0.5) is 0 Å². The summed E-state index contributed by atoms with van der Waals surface area (Å²) >= 11 is 0.993. The van der Waals surface area contributed by atoms with E-state index in [0.29, 0.717) is 50.2 Å². The lowest BCUT2D eigenvalue weighted by Gasteiger charge is -2.31. The molecule has 1 N–H and O–H groups in total. The van der Waals surface area contributed by atoms with Gasteiger partial charge in [0.25, 0.3) is 0 Å². The molecule has 1 aliphatic rings. The van der Waals surface area contributed by atoms with Crippen LogP contribution in [0.3, 0.4) is 0 Å². The van der Waals surface area contributed by atoms with Gasteiger partial charge in [-0.25, -0.2) is 8.42 Å². The Morgan fingerprint density at radius 2 is 2.26 bits per heavy atom. The summed E-state index contributed by atoms with van der Waals surface area (Å²) < 4.78 is 41.1.